The number of aliphatic hydroxyl groups excluding tert-OH is 1. The van der Waals surface area contributed by atoms with Crippen molar-refractivity contribution in [3.05, 3.63) is 49.3 Å². The van der Waals surface area contributed by atoms with Gasteiger partial charge in [-0.3, -0.25) is 83.0 Å². The molecular formula is C38H68N7O32P7S. The van der Waals surface area contributed by atoms with E-state index in [-0.39, 0.29) is 74.2 Å². The number of aromatic amines is 2. The number of H-pyrrole nitrogens is 2. The van der Waals surface area contributed by atoms with E-state index in [2.05, 4.69) is 19.9 Å². The molecule has 39 nitrogen and oxygen atoms in total. The Kier molecular flexibility index (Phi) is 28.4. The molecule has 2 aliphatic heterocycles. The minimum Gasteiger partial charge on any atom is -0.390 e. The molecule has 3 aromatic rings. The van der Waals surface area contributed by atoms with E-state index in [0.29, 0.717) is 0 Å². The summed E-state index contributed by atoms with van der Waals surface area (Å²) in [5.41, 5.74) is 3.42. The van der Waals surface area contributed by atoms with Crippen LogP contribution in [0.4, 0.5) is 5.95 Å². The summed E-state index contributed by atoms with van der Waals surface area (Å²) in [6.07, 6.45) is -5.55. The van der Waals surface area contributed by atoms with Gasteiger partial charge in [-0.2, -0.15) is 4.98 Å². The number of aryl methyl sites for hydroxylation is 1. The average molecular weight is 1380 g/mol. The van der Waals surface area contributed by atoms with Crippen molar-refractivity contribution in [3.63, 3.8) is 0 Å². The first-order valence-corrected chi connectivity index (χ1v) is 37.0. The number of hydrogen-bond donors (Lipinski definition) is 11. The van der Waals surface area contributed by atoms with Gasteiger partial charge >= 0.3 is 52.6 Å². The van der Waals surface area contributed by atoms with Crippen LogP contribution in [0.15, 0.2) is 26.9 Å². The standard InChI is InChI=1S/C38H68N7O32P7S/c1-25(2)78(50,85)73-23-30-28(20-32(76-30)45-24-40-33-34(45)41-37(39)42-36(33)48)77-84(61,62)72-18-8-16-70-82(57,58)68-14-6-12-66-80(53,54)64-10-4-9-63-79(51,52)65-11-5-13-67-81(55,56)69-15-7-17-71-83(59,60)74-22-29-27(46)19-31(75-29)44-21-26(3)35(47)43-38(44)49/h21,24-25,27-32,46H,4-20,22-23H2,1-3H3,(H,50,85)(H,51,52)(H,53,54)(H,55,56)(H,57,58)(H,59,60)(H,61,62)(H,43,47,49)(H3,39,41,42,48)/t27-,28?,29-,30+,31-,32+,78?/m0/s1. The SMILES string of the molecule is Cc1cn([C@@H]2C[C@H](O)[C@H](COP(=O)(O)OCCCOP(=O)(O)OCCCOP(=O)(O)OCCCOP(=O)(O)OCCCOP(=O)(O)OCCCOP(=O)(O)OC3C[C@H](n4cnc5c(=O)[nH]c(N)nc54)O[C@@H]3COP(O)(=S)C(C)C)O2)c(=O)[nH]c1=O. The predicted octanol–water partition coefficient (Wildman–Crippen LogP) is 2.34. The number of phosphoric acid groups is 6. The highest BCUT2D eigenvalue weighted by atomic mass is 32.5. The first kappa shape index (κ1) is 73.7. The fraction of sp³-hybridized carbons (Fsp3) is 0.763. The van der Waals surface area contributed by atoms with Crippen LogP contribution in [0.5, 0.6) is 0 Å². The van der Waals surface area contributed by atoms with Crippen molar-refractivity contribution in [1.82, 2.24) is 29.1 Å². The van der Waals surface area contributed by atoms with Gasteiger partial charge in [0.05, 0.1) is 91.7 Å². The number of nitrogens with two attached hydrogens (primary N) is 1. The van der Waals surface area contributed by atoms with Crippen molar-refractivity contribution in [1.29, 1.82) is 0 Å². The van der Waals surface area contributed by atoms with Gasteiger partial charge in [0.15, 0.2) is 17.7 Å². The maximum Gasteiger partial charge on any atom is 0.472 e. The van der Waals surface area contributed by atoms with Crippen molar-refractivity contribution in [2.45, 2.75) is 108 Å². The maximum absolute atomic E-state index is 13.0. The first-order chi connectivity index (χ1) is 39.6. The molecule has 5 rings (SSSR count). The zero-order chi connectivity index (χ0) is 63.0. The average Bonchev–Trinajstić information content (AvgIpc) is 2.56. The van der Waals surface area contributed by atoms with Crippen molar-refractivity contribution in [2.75, 3.05) is 85.0 Å². The largest absolute Gasteiger partial charge is 0.472 e. The molecule has 0 radical (unpaired) electrons. The van der Waals surface area contributed by atoms with Crippen molar-refractivity contribution < 1.29 is 135 Å². The zero-order valence-corrected chi connectivity index (χ0v) is 52.5. The van der Waals surface area contributed by atoms with Crippen LogP contribution in [-0.4, -0.2) is 178 Å². The lowest BCUT2D eigenvalue weighted by Gasteiger charge is -2.25. The molecule has 488 valence electrons. The van der Waals surface area contributed by atoms with Gasteiger partial charge in [-0.05, 0) is 50.8 Å². The summed E-state index contributed by atoms with van der Waals surface area (Å²) in [6, 6.07) is 0. The lowest BCUT2D eigenvalue weighted by atomic mass is 10.2. The molecule has 2 saturated heterocycles. The molecule has 3 aromatic heterocycles. The molecule has 85 heavy (non-hydrogen) atoms. The summed E-state index contributed by atoms with van der Waals surface area (Å²) in [4.78, 5) is 119. The summed E-state index contributed by atoms with van der Waals surface area (Å²) in [5.74, 6) is -0.210. The van der Waals surface area contributed by atoms with Crippen molar-refractivity contribution in [3.8, 4) is 0 Å². The number of anilines is 1. The fourth-order valence-electron chi connectivity index (χ4n) is 7.10. The van der Waals surface area contributed by atoms with Gasteiger partial charge in [0.2, 0.25) is 5.95 Å². The van der Waals surface area contributed by atoms with Crippen LogP contribution in [0.3, 0.4) is 0 Å². The van der Waals surface area contributed by atoms with Crippen LogP contribution < -0.4 is 22.5 Å². The number of aliphatic hydroxyl groups is 1. The van der Waals surface area contributed by atoms with Crippen LogP contribution >= 0.6 is 53.4 Å². The van der Waals surface area contributed by atoms with Crippen LogP contribution in [0, 0.1) is 6.92 Å². The third kappa shape index (κ3) is 25.3. The second kappa shape index (κ2) is 32.8. The van der Waals surface area contributed by atoms with Gasteiger partial charge in [0.25, 0.3) is 11.1 Å². The molecule has 12 N–H and O–H groups in total. The Morgan fingerprint density at radius 2 is 1.00 bits per heavy atom. The van der Waals surface area contributed by atoms with E-state index in [1.54, 1.807) is 13.8 Å². The van der Waals surface area contributed by atoms with Crippen molar-refractivity contribution >= 4 is 82.3 Å². The minimum atomic E-state index is -4.89. The number of nitrogens with zero attached hydrogens (tertiary/aromatic N) is 4. The van der Waals surface area contributed by atoms with E-state index in [4.69, 9.17) is 85.8 Å². The van der Waals surface area contributed by atoms with E-state index < -0.39 is 185 Å². The number of rotatable bonds is 41. The summed E-state index contributed by atoms with van der Waals surface area (Å²) in [7, 11) is -28.4. The Bertz CT molecular complexity index is 3210. The van der Waals surface area contributed by atoms with Gasteiger partial charge in [-0.25, -0.2) is 37.2 Å². The molecule has 8 unspecified atom stereocenters. The number of phosphoric ester groups is 6. The van der Waals surface area contributed by atoms with Gasteiger partial charge in [-0.1, -0.05) is 13.8 Å². The predicted molar refractivity (Wildman–Crippen MR) is 292 cm³/mol. The van der Waals surface area contributed by atoms with Gasteiger partial charge in [0, 0.05) is 30.3 Å². The molecule has 0 bridgehead atoms. The number of ether oxygens (including phenoxy) is 2. The molecule has 2 fully saturated rings. The van der Waals surface area contributed by atoms with Gasteiger partial charge in [-0.15, -0.1) is 0 Å². The van der Waals surface area contributed by atoms with E-state index in [1.165, 1.54) is 24.0 Å². The molecule has 0 saturated carbocycles. The Balaban J connectivity index is 0.861. The number of imidazole rings is 1. The molecule has 0 aromatic carbocycles. The highest BCUT2D eigenvalue weighted by Gasteiger charge is 2.44. The Morgan fingerprint density at radius 1 is 0.600 bits per heavy atom. The van der Waals surface area contributed by atoms with Crippen LogP contribution in [0.2, 0.25) is 0 Å². The quantitative estimate of drug-likeness (QED) is 0.0287. The van der Waals surface area contributed by atoms with Crippen molar-refractivity contribution in [2.24, 2.45) is 0 Å². The molecular weight excluding hydrogens is 1320 g/mol. The number of nitrogens with one attached hydrogen (secondary N) is 2. The highest BCUT2D eigenvalue weighted by Crippen LogP contribution is 2.52. The molecule has 0 spiro atoms. The maximum atomic E-state index is 13.0. The second-order valence-corrected chi connectivity index (χ2v) is 31.0. The molecule has 2 aliphatic rings. The summed E-state index contributed by atoms with van der Waals surface area (Å²) >= 11 is 5.19. The van der Waals surface area contributed by atoms with E-state index in [1.807, 2.05) is 0 Å². The lowest BCUT2D eigenvalue weighted by Crippen LogP contribution is -2.33. The summed E-state index contributed by atoms with van der Waals surface area (Å²) in [5, 5.41) is 10.3. The topological polar surface area (TPSA) is 547 Å². The molecule has 13 atom stereocenters. The van der Waals surface area contributed by atoms with E-state index in [9.17, 15) is 81.1 Å². The van der Waals surface area contributed by atoms with Gasteiger partial charge < -0.3 is 59.1 Å². The molecule has 5 heterocycles. The normalized spacial score (nSPS) is 24.3. The summed E-state index contributed by atoms with van der Waals surface area (Å²) < 4.78 is 152. The number of nitrogen functional groups attached to an aromatic ring is 1. The first-order valence-electron chi connectivity index (χ1n) is 25.3. The zero-order valence-electron chi connectivity index (χ0n) is 45.4. The number of fused-ring (bicyclic) bond motifs is 1. The van der Waals surface area contributed by atoms with Crippen LogP contribution in [0.25, 0.3) is 11.2 Å². The van der Waals surface area contributed by atoms with Crippen LogP contribution in [-0.2, 0) is 107 Å². The van der Waals surface area contributed by atoms with E-state index in [0.717, 1.165) is 4.57 Å². The van der Waals surface area contributed by atoms with Crippen LogP contribution in [0.1, 0.15) is 76.8 Å². The smallest absolute Gasteiger partial charge is 0.390 e. The third-order valence-electron chi connectivity index (χ3n) is 11.3. The second-order valence-electron chi connectivity index (χ2n) is 18.4. The van der Waals surface area contributed by atoms with E-state index >= 15 is 0 Å². The number of hydrogen-bond acceptors (Lipinski definition) is 29. The Labute approximate surface area is 487 Å². The fourth-order valence-corrected chi connectivity index (χ4v) is 12.9. The Morgan fingerprint density at radius 3 is 1.45 bits per heavy atom. The number of aromatic nitrogens is 6. The monoisotopic (exact) mass is 1380 g/mol. The minimum absolute atomic E-state index is 0.0422. The molecule has 47 heteroatoms. The highest BCUT2D eigenvalue weighted by molar-refractivity contribution is 8.09. The third-order valence-corrected chi connectivity index (χ3v) is 20.8. The summed E-state index contributed by atoms with van der Waals surface area (Å²) in [6.45, 7) is -4.76. The lowest BCUT2D eigenvalue weighted by molar-refractivity contribution is -0.0466. The Hall–Kier alpha value is -2.06. The molecule has 0 aliphatic carbocycles. The van der Waals surface area contributed by atoms with Gasteiger partial charge in [0.1, 0.15) is 30.8 Å². The molecule has 0 amide bonds.